The van der Waals surface area contributed by atoms with Gasteiger partial charge in [-0.2, -0.15) is 13.2 Å². The molecule has 10 heteroatoms. The summed E-state index contributed by atoms with van der Waals surface area (Å²) in [6, 6.07) is 1.98. The summed E-state index contributed by atoms with van der Waals surface area (Å²) in [7, 11) is 0. The van der Waals surface area contributed by atoms with Gasteiger partial charge < -0.3 is 24.8 Å². The second-order valence-electron chi connectivity index (χ2n) is 12.0. The molecule has 3 atom stereocenters. The number of alkyl halides is 4. The van der Waals surface area contributed by atoms with Crippen LogP contribution in [0, 0.1) is 5.41 Å². The molecule has 0 unspecified atom stereocenters. The fourth-order valence-electron chi connectivity index (χ4n) is 7.29. The molecule has 35 heavy (non-hydrogen) atoms. The van der Waals surface area contributed by atoms with Crippen molar-refractivity contribution in [2.75, 3.05) is 6.61 Å². The first-order valence-corrected chi connectivity index (χ1v) is 12.3. The number of aliphatic hydroxyl groups is 2. The summed E-state index contributed by atoms with van der Waals surface area (Å²) in [6.45, 7) is 3.70. The van der Waals surface area contributed by atoms with Gasteiger partial charge in [0.2, 0.25) is 0 Å². The molecule has 0 spiro atoms. The molecule has 0 amide bonds. The largest absolute Gasteiger partial charge is 0.492 e. The van der Waals surface area contributed by atoms with Crippen LogP contribution in [0.25, 0.3) is 11.0 Å². The first-order chi connectivity index (χ1) is 16.2. The van der Waals surface area contributed by atoms with Gasteiger partial charge in [0.25, 0.3) is 0 Å². The van der Waals surface area contributed by atoms with E-state index in [9.17, 15) is 27.8 Å². The van der Waals surface area contributed by atoms with Crippen LogP contribution >= 0.6 is 0 Å². The van der Waals surface area contributed by atoms with Gasteiger partial charge in [0.15, 0.2) is 0 Å². The van der Waals surface area contributed by atoms with Crippen molar-refractivity contribution in [2.24, 2.45) is 5.41 Å². The van der Waals surface area contributed by atoms with E-state index in [0.29, 0.717) is 44.9 Å². The summed E-state index contributed by atoms with van der Waals surface area (Å²) < 4.78 is 63.6. The zero-order valence-electron chi connectivity index (χ0n) is 19.8. The Balaban J connectivity index is 1.22. The number of hydrogen-bond acceptors (Lipinski definition) is 5. The van der Waals surface area contributed by atoms with Gasteiger partial charge >= 0.3 is 6.18 Å². The van der Waals surface area contributed by atoms with Gasteiger partial charge in [-0.25, -0.2) is 9.37 Å². The van der Waals surface area contributed by atoms with Crippen molar-refractivity contribution < 1.29 is 32.5 Å². The molecule has 5 fully saturated rings. The Morgan fingerprint density at radius 1 is 1.14 bits per heavy atom. The van der Waals surface area contributed by atoms with Gasteiger partial charge in [-0.05, 0) is 64.9 Å². The molecule has 1 aliphatic heterocycles. The number of benzene rings is 1. The third-order valence-corrected chi connectivity index (χ3v) is 8.84. The number of imidazole rings is 1. The topological polar surface area (TPSA) is 79.5 Å². The minimum Gasteiger partial charge on any atom is -0.492 e. The quantitative estimate of drug-likeness (QED) is 0.538. The number of rotatable bonds is 5. The van der Waals surface area contributed by atoms with E-state index < -0.39 is 28.6 Å². The van der Waals surface area contributed by atoms with Gasteiger partial charge in [0.1, 0.15) is 18.0 Å². The Morgan fingerprint density at radius 3 is 2.43 bits per heavy atom. The van der Waals surface area contributed by atoms with Crippen LogP contribution < -0.4 is 10.1 Å². The summed E-state index contributed by atoms with van der Waals surface area (Å²) in [6.07, 6.45) is -0.403. The standard InChI is InChI=1S/C25H31F4N3O3/c1-14-5-24(34,22-10-23(26,11-22)12-22)6-15(31-14)9-35-17-3-18(25(27,28)29)20-19(4-17)30-13-32(20)16-7-21(2,33)8-16/h3-4,13-16,31,33-34H,5-12H2,1-2H3/t14-,15-,16?,21?,22?,23?,24-/m0/s1. The lowest BCUT2D eigenvalue weighted by atomic mass is 9.35. The molecule has 1 aromatic carbocycles. The number of nitrogens with zero attached hydrogens (tertiary/aromatic N) is 2. The first-order valence-electron chi connectivity index (χ1n) is 12.3. The maximum absolute atomic E-state index is 14.1. The molecule has 6 nitrogen and oxygen atoms in total. The Hall–Kier alpha value is -1.91. The molecule has 1 saturated heterocycles. The summed E-state index contributed by atoms with van der Waals surface area (Å²) in [5.74, 6) is 0.0625. The van der Waals surface area contributed by atoms with Crippen LogP contribution in [0.2, 0.25) is 0 Å². The van der Waals surface area contributed by atoms with Gasteiger partial charge in [0, 0.05) is 29.6 Å². The highest BCUT2D eigenvalue weighted by molar-refractivity contribution is 5.82. The Morgan fingerprint density at radius 2 is 1.83 bits per heavy atom. The molecule has 7 rings (SSSR count). The second kappa shape index (κ2) is 7.10. The van der Waals surface area contributed by atoms with Gasteiger partial charge in [0.05, 0.1) is 34.1 Å². The van der Waals surface area contributed by atoms with Crippen molar-refractivity contribution in [3.63, 3.8) is 0 Å². The second-order valence-corrected chi connectivity index (χ2v) is 12.0. The molecular weight excluding hydrogens is 466 g/mol. The van der Waals surface area contributed by atoms with Crippen LogP contribution in [0.3, 0.4) is 0 Å². The van der Waals surface area contributed by atoms with E-state index in [1.54, 1.807) is 6.92 Å². The lowest BCUT2D eigenvalue weighted by Gasteiger charge is -2.72. The Labute approximate surface area is 200 Å². The fourth-order valence-corrected chi connectivity index (χ4v) is 7.29. The Kier molecular flexibility index (Phi) is 4.77. The SMILES string of the molecule is C[C@H]1C[C@@](O)(C23CC(F)(C2)C3)C[C@@H](COc2cc(C(F)(F)F)c3c(c2)ncn3C2CC(C)(O)C2)N1. The number of nitrogens with one attached hydrogen (secondary N) is 1. The summed E-state index contributed by atoms with van der Waals surface area (Å²) in [5, 5.41) is 24.8. The maximum atomic E-state index is 14.1. The highest BCUT2D eigenvalue weighted by atomic mass is 19.4. The summed E-state index contributed by atoms with van der Waals surface area (Å²) in [5.41, 5.74) is -4.01. The predicted molar refractivity (Wildman–Crippen MR) is 120 cm³/mol. The lowest BCUT2D eigenvalue weighted by molar-refractivity contribution is -0.309. The molecule has 3 N–H and O–H groups in total. The van der Waals surface area contributed by atoms with Crippen LogP contribution in [0.1, 0.15) is 70.4 Å². The van der Waals surface area contributed by atoms with E-state index in [1.165, 1.54) is 17.0 Å². The minimum atomic E-state index is -4.61. The molecular formula is C25H31F4N3O3. The highest BCUT2D eigenvalue weighted by Crippen LogP contribution is 2.75. The van der Waals surface area contributed by atoms with Crippen LogP contribution in [0.5, 0.6) is 5.75 Å². The van der Waals surface area contributed by atoms with E-state index in [-0.39, 0.29) is 46.9 Å². The number of aromatic nitrogens is 2. The molecule has 2 heterocycles. The number of halogens is 4. The first kappa shape index (κ1) is 23.5. The molecule has 4 aliphatic carbocycles. The summed E-state index contributed by atoms with van der Waals surface area (Å²) >= 11 is 0. The number of fused-ring (bicyclic) bond motifs is 1. The number of hydrogen-bond donors (Lipinski definition) is 3. The third kappa shape index (κ3) is 3.66. The average molecular weight is 498 g/mol. The zero-order valence-corrected chi connectivity index (χ0v) is 19.8. The molecule has 1 aromatic heterocycles. The van der Waals surface area contributed by atoms with E-state index in [4.69, 9.17) is 4.74 Å². The number of piperidine rings is 1. The molecule has 5 aliphatic rings. The van der Waals surface area contributed by atoms with Gasteiger partial charge in [-0.1, -0.05) is 0 Å². The molecule has 2 bridgehead atoms. The van der Waals surface area contributed by atoms with Crippen molar-refractivity contribution in [3.8, 4) is 5.75 Å². The van der Waals surface area contributed by atoms with Gasteiger partial charge in [-0.15, -0.1) is 0 Å². The maximum Gasteiger partial charge on any atom is 0.418 e. The highest BCUT2D eigenvalue weighted by Gasteiger charge is 2.76. The smallest absolute Gasteiger partial charge is 0.418 e. The van der Waals surface area contributed by atoms with Crippen LogP contribution in [0.15, 0.2) is 18.5 Å². The van der Waals surface area contributed by atoms with Gasteiger partial charge in [-0.3, -0.25) is 0 Å². The molecule has 4 saturated carbocycles. The minimum absolute atomic E-state index is 0.00656. The third-order valence-electron chi connectivity index (χ3n) is 8.84. The monoisotopic (exact) mass is 497 g/mol. The zero-order chi connectivity index (χ0) is 25.0. The molecule has 0 radical (unpaired) electrons. The normalized spacial score (nSPS) is 42.8. The fraction of sp³-hybridized carbons (Fsp3) is 0.720. The molecule has 192 valence electrons. The van der Waals surface area contributed by atoms with Crippen molar-refractivity contribution in [1.82, 2.24) is 14.9 Å². The van der Waals surface area contributed by atoms with E-state index in [1.807, 2.05) is 6.92 Å². The number of ether oxygens (including phenoxy) is 1. The van der Waals surface area contributed by atoms with E-state index in [0.717, 1.165) is 6.07 Å². The van der Waals surface area contributed by atoms with Crippen LogP contribution in [0.4, 0.5) is 17.6 Å². The van der Waals surface area contributed by atoms with Crippen LogP contribution in [-0.4, -0.2) is 55.3 Å². The molecule has 2 aromatic rings. The van der Waals surface area contributed by atoms with Crippen LogP contribution in [-0.2, 0) is 6.18 Å². The lowest BCUT2D eigenvalue weighted by Crippen LogP contribution is -2.76. The van der Waals surface area contributed by atoms with E-state index in [2.05, 4.69) is 10.3 Å². The Bertz CT molecular complexity index is 1150. The van der Waals surface area contributed by atoms with E-state index >= 15 is 0 Å². The van der Waals surface area contributed by atoms with Crippen molar-refractivity contribution in [3.05, 3.63) is 24.0 Å². The average Bonchev–Trinajstić information content (AvgIpc) is 3.08. The van der Waals surface area contributed by atoms with Crippen molar-refractivity contribution in [1.29, 1.82) is 0 Å². The predicted octanol–water partition coefficient (Wildman–Crippen LogP) is 4.28. The van der Waals surface area contributed by atoms with Crippen molar-refractivity contribution in [2.45, 2.75) is 100.0 Å². The van der Waals surface area contributed by atoms with Crippen molar-refractivity contribution >= 4 is 11.0 Å². The summed E-state index contributed by atoms with van der Waals surface area (Å²) in [4.78, 5) is 4.21.